The van der Waals surface area contributed by atoms with Gasteiger partial charge in [0, 0.05) is 90.8 Å². The van der Waals surface area contributed by atoms with Gasteiger partial charge < -0.3 is 61.3 Å². The molecule has 17 nitrogen and oxygen atoms in total. The molecular weight excluding hydrogens is 1670 g/mol. The fourth-order valence-corrected chi connectivity index (χ4v) is 17.4. The second-order valence-electron chi connectivity index (χ2n) is 34.7. The van der Waals surface area contributed by atoms with Gasteiger partial charge in [0.2, 0.25) is 0 Å². The highest BCUT2D eigenvalue weighted by molar-refractivity contribution is 5.78. The average Bonchev–Trinajstić information content (AvgIpc) is 0.714. The van der Waals surface area contributed by atoms with E-state index in [9.17, 15) is 85.3 Å². The van der Waals surface area contributed by atoms with Crippen molar-refractivity contribution in [1.82, 2.24) is 0 Å². The van der Waals surface area contributed by atoms with Crippen molar-refractivity contribution in [2.24, 2.45) is 0 Å². The summed E-state index contributed by atoms with van der Waals surface area (Å²) in [5, 5.41) is 124. The van der Waals surface area contributed by atoms with Crippen LogP contribution in [0.25, 0.3) is 0 Å². The highest BCUT2D eigenvalue weighted by Crippen LogP contribution is 2.50. The number of benzene rings is 15. The fourth-order valence-electron chi connectivity index (χ4n) is 17.4. The fraction of sp³-hybridized carbons (Fsp3) is 0.181. The zero-order valence-electron chi connectivity index (χ0n) is 77.4. The normalized spacial score (nSPS) is 11.0. The van der Waals surface area contributed by atoms with Crippen molar-refractivity contribution in [2.45, 2.75) is 140 Å². The summed E-state index contributed by atoms with van der Waals surface area (Å²) in [7, 11) is 0. The molecule has 0 aliphatic carbocycles. The summed E-state index contributed by atoms with van der Waals surface area (Å²) >= 11 is 0. The summed E-state index contributed by atoms with van der Waals surface area (Å²) in [5.74, 6) is -0.618. The van der Waals surface area contributed by atoms with Crippen LogP contribution in [-0.4, -0.2) is 92.7 Å². The number of hydrogen-bond donors (Lipinski definition) is 12. The lowest BCUT2D eigenvalue weighted by atomic mass is 9.80. The van der Waals surface area contributed by atoms with Crippen molar-refractivity contribution < 1.29 is 85.3 Å². The maximum Gasteiger partial charge on any atom is 0.161 e. The van der Waals surface area contributed by atoms with Gasteiger partial charge >= 0.3 is 0 Å². The van der Waals surface area contributed by atoms with E-state index in [0.717, 1.165) is 187 Å². The van der Waals surface area contributed by atoms with Crippen molar-refractivity contribution >= 4 is 31.4 Å². The third-order valence-corrected chi connectivity index (χ3v) is 24.2. The van der Waals surface area contributed by atoms with Crippen LogP contribution in [0.4, 0.5) is 0 Å². The van der Waals surface area contributed by atoms with E-state index in [-0.39, 0.29) is 81.2 Å². The summed E-state index contributed by atoms with van der Waals surface area (Å²) in [6.07, 6.45) is 4.01. The first-order valence-electron chi connectivity index (χ1n) is 43.5. The van der Waals surface area contributed by atoms with Gasteiger partial charge in [0.25, 0.3) is 0 Å². The SMILES string of the molecule is Cc1cc(C(c2ccc(C=O)cc2)c2cc(C)c(O)c(C)c2)cc(C)c1O.Cc1cc(C(c2ccc(C=O)cc2)c2cc(C)c(O)cc2C)c(C)cc1O.Cc1cc(C)c(O)c(C(c2ccc(C=O)cc2)c2cc(C)cc(C)c2O)c1.Cc1cc(O)c(O)c(C(c2ccc(C=O)cc2)c2cc(C)cc(O)c2O)c1.Cc1ccc(O)c(C(c2ccc(C=O)cc2)c2cc(C)ccc2O)c1. The van der Waals surface area contributed by atoms with Gasteiger partial charge in [-0.25, -0.2) is 0 Å². The molecule has 17 heteroatoms. The predicted molar refractivity (Wildman–Crippen MR) is 524 cm³/mol. The van der Waals surface area contributed by atoms with Gasteiger partial charge in [0.15, 0.2) is 23.0 Å². The maximum atomic E-state index is 11.0. The second-order valence-corrected chi connectivity index (χ2v) is 34.7. The van der Waals surface area contributed by atoms with Crippen LogP contribution in [0, 0.1) is 111 Å². The monoisotopic (exact) mass is 1780 g/mol. The number of aldehydes is 5. The number of carbonyl (C=O) groups excluding carboxylic acids is 5. The first-order valence-corrected chi connectivity index (χ1v) is 43.5. The zero-order chi connectivity index (χ0) is 96.8. The molecule has 15 aromatic rings. The summed E-state index contributed by atoms with van der Waals surface area (Å²) in [4.78, 5) is 55.0. The molecule has 0 amide bonds. The quantitative estimate of drug-likeness (QED) is 0.0192. The average molecular weight is 1780 g/mol. The summed E-state index contributed by atoms with van der Waals surface area (Å²) in [6, 6.07) is 76.9. The predicted octanol–water partition coefficient (Wildman–Crippen LogP) is 24.8. The molecule has 0 spiro atoms. The van der Waals surface area contributed by atoms with Gasteiger partial charge in [-0.1, -0.05) is 241 Å². The van der Waals surface area contributed by atoms with Crippen LogP contribution < -0.4 is 0 Å². The molecule has 15 aromatic carbocycles. The molecule has 0 unspecified atom stereocenters. The Morgan fingerprint density at radius 1 is 0.158 bits per heavy atom. The lowest BCUT2D eigenvalue weighted by Gasteiger charge is -2.24. The molecule has 0 fully saturated rings. The minimum atomic E-state index is -0.665. The molecule has 12 N–H and O–H groups in total. The Labute approximate surface area is 776 Å². The van der Waals surface area contributed by atoms with E-state index in [1.807, 2.05) is 255 Å². The van der Waals surface area contributed by atoms with E-state index in [0.29, 0.717) is 56.0 Å². The van der Waals surface area contributed by atoms with E-state index >= 15 is 0 Å². The van der Waals surface area contributed by atoms with Gasteiger partial charge in [0.1, 0.15) is 77.4 Å². The van der Waals surface area contributed by atoms with E-state index in [1.165, 1.54) is 12.1 Å². The van der Waals surface area contributed by atoms with Crippen LogP contribution in [0.5, 0.6) is 69.0 Å². The van der Waals surface area contributed by atoms with E-state index in [1.54, 1.807) is 98.8 Å². The standard InChI is InChI=1S/3C24H24O3.C22H20O5.C22H20O3/c1-14-11-22(26)16(3)9-20(14)24(19-7-5-18(13-25)6-8-19)21-10-17(4)23(27)12-15(21)2;1-14-9-20(10-15(2)23(14)26)22(19-7-5-18(13-25)6-8-19)21-11-16(3)24(27)17(4)12-21;1-14-9-16(3)23(26)20(11-14)22(19-7-5-18(13-25)6-8-19)21-12-15(2)10-17(4)24(21)27;1-12-7-16(21(26)18(24)9-12)20(15-5-3-14(11-23)4-6-15)17-8-13(2)10-19(25)22(17)27;1-14-3-9-20(24)18(11-14)22(17-7-5-16(13-23)6-8-17)19-12-15(2)4-10-21(19)25/h5-13,24,26-27H,1-4H3;2*5-13,22,26-27H,1-4H3;3-11,20,24-27H,1-2H3;3-13,22,24-25H,1-2H3. The summed E-state index contributed by atoms with van der Waals surface area (Å²) < 4.78 is 0. The van der Waals surface area contributed by atoms with E-state index in [2.05, 4.69) is 0 Å². The number of carbonyl (C=O) groups is 5. The number of phenolic OH excluding ortho intramolecular Hbond substituents is 12. The molecule has 678 valence electrons. The van der Waals surface area contributed by atoms with Crippen molar-refractivity contribution in [2.75, 3.05) is 0 Å². The smallest absolute Gasteiger partial charge is 0.161 e. The number of hydrogen-bond acceptors (Lipinski definition) is 17. The molecule has 0 saturated heterocycles. The van der Waals surface area contributed by atoms with Crippen LogP contribution >= 0.6 is 0 Å². The zero-order valence-corrected chi connectivity index (χ0v) is 77.4. The van der Waals surface area contributed by atoms with Crippen molar-refractivity contribution in [3.8, 4) is 69.0 Å². The third-order valence-electron chi connectivity index (χ3n) is 24.2. The number of aryl methyl sites for hydroxylation is 16. The molecule has 0 atom stereocenters. The molecule has 0 aromatic heterocycles. The lowest BCUT2D eigenvalue weighted by molar-refractivity contribution is 0.111. The van der Waals surface area contributed by atoms with Gasteiger partial charge in [-0.15, -0.1) is 0 Å². The van der Waals surface area contributed by atoms with Crippen LogP contribution in [0.15, 0.2) is 255 Å². The maximum absolute atomic E-state index is 11.0. The molecule has 0 bridgehead atoms. The minimum absolute atomic E-state index is 0.0655. The molecule has 0 radical (unpaired) electrons. The van der Waals surface area contributed by atoms with E-state index < -0.39 is 5.92 Å². The molecule has 0 saturated carbocycles. The number of rotatable bonds is 20. The second kappa shape index (κ2) is 42.7. The highest BCUT2D eigenvalue weighted by atomic mass is 16.3. The van der Waals surface area contributed by atoms with Crippen LogP contribution in [0.3, 0.4) is 0 Å². The first kappa shape index (κ1) is 97.9. The Morgan fingerprint density at radius 3 is 0.654 bits per heavy atom. The minimum Gasteiger partial charge on any atom is -0.508 e. The molecule has 0 aliphatic rings. The third kappa shape index (κ3) is 22.8. The Balaban J connectivity index is 0.000000160. The Hall–Kier alpha value is -15.8. The lowest BCUT2D eigenvalue weighted by Crippen LogP contribution is -2.08. The number of phenols is 12. The van der Waals surface area contributed by atoms with Gasteiger partial charge in [-0.05, 0) is 264 Å². The van der Waals surface area contributed by atoms with E-state index in [4.69, 9.17) is 0 Å². The Kier molecular flexibility index (Phi) is 31.4. The molecule has 0 heterocycles. The topological polar surface area (TPSA) is 328 Å². The van der Waals surface area contributed by atoms with Crippen molar-refractivity contribution in [3.63, 3.8) is 0 Å². The first-order chi connectivity index (χ1) is 63.2. The van der Waals surface area contributed by atoms with Crippen molar-refractivity contribution in [1.29, 1.82) is 0 Å². The highest BCUT2D eigenvalue weighted by Gasteiger charge is 2.31. The van der Waals surface area contributed by atoms with Gasteiger partial charge in [0.05, 0.1) is 0 Å². The summed E-state index contributed by atoms with van der Waals surface area (Å²) in [6.45, 7) is 30.6. The molecule has 0 aliphatic heterocycles. The molecular formula is C116H112O17. The Morgan fingerprint density at radius 2 is 0.383 bits per heavy atom. The number of aromatic hydroxyl groups is 12. The van der Waals surface area contributed by atoms with Crippen LogP contribution in [0.2, 0.25) is 0 Å². The molecule has 133 heavy (non-hydrogen) atoms. The summed E-state index contributed by atoms with van der Waals surface area (Å²) in [5.41, 5.74) is 29.6. The Bertz CT molecular complexity index is 6330. The van der Waals surface area contributed by atoms with Crippen LogP contribution in [0.1, 0.15) is 254 Å². The van der Waals surface area contributed by atoms with Gasteiger partial charge in [-0.2, -0.15) is 0 Å². The largest absolute Gasteiger partial charge is 0.508 e. The molecule has 15 rings (SSSR count). The van der Waals surface area contributed by atoms with Crippen LogP contribution in [-0.2, 0) is 0 Å². The van der Waals surface area contributed by atoms with Gasteiger partial charge in [-0.3, -0.25) is 24.0 Å². The van der Waals surface area contributed by atoms with Crippen molar-refractivity contribution in [3.05, 3.63) is 455 Å².